The molecular weight excluding hydrogens is 414 g/mol. The number of hydrogen-bond acceptors (Lipinski definition) is 3. The summed E-state index contributed by atoms with van der Waals surface area (Å²) >= 11 is 9.01. The molecule has 0 heterocycles. The highest BCUT2D eigenvalue weighted by atomic mass is 79.9. The van der Waals surface area contributed by atoms with E-state index >= 15 is 0 Å². The van der Waals surface area contributed by atoms with Crippen LogP contribution in [-0.2, 0) is 14.8 Å². The summed E-state index contributed by atoms with van der Waals surface area (Å²) in [4.78, 5) is 12.0. The molecule has 24 heavy (non-hydrogen) atoms. The van der Waals surface area contributed by atoms with Crippen LogP contribution in [0.1, 0.15) is 25.5 Å². The van der Waals surface area contributed by atoms with Crippen LogP contribution in [0, 0.1) is 0 Å². The fourth-order valence-corrected chi connectivity index (χ4v) is 4.40. The minimum atomic E-state index is -4.01. The summed E-state index contributed by atoms with van der Waals surface area (Å²) in [5.41, 5.74) is 0.733. The molecule has 4 nitrogen and oxygen atoms in total. The molecule has 0 bridgehead atoms. The van der Waals surface area contributed by atoms with Crippen LogP contribution in [0.3, 0.4) is 0 Å². The van der Waals surface area contributed by atoms with Crippen LogP contribution in [0.25, 0.3) is 0 Å². The Hall–Kier alpha value is -1.37. The van der Waals surface area contributed by atoms with Gasteiger partial charge in [-0.15, -0.1) is 0 Å². The number of carbonyl (C=O) groups is 1. The lowest BCUT2D eigenvalue weighted by Gasteiger charge is -2.30. The number of hydrogen-bond donors (Lipinski definition) is 0. The van der Waals surface area contributed by atoms with Crippen LogP contribution in [0.15, 0.2) is 59.5 Å². The van der Waals surface area contributed by atoms with E-state index in [2.05, 4.69) is 15.9 Å². The third-order valence-electron chi connectivity index (χ3n) is 3.56. The van der Waals surface area contributed by atoms with Gasteiger partial charge in [-0.05, 0) is 43.7 Å². The molecule has 7 heteroatoms. The third-order valence-corrected chi connectivity index (χ3v) is 6.09. The molecule has 0 aliphatic heterocycles. The van der Waals surface area contributed by atoms with E-state index in [1.54, 1.807) is 38.1 Å². The molecular formula is C17H17BrClNO3S. The quantitative estimate of drug-likeness (QED) is 0.661. The maximum atomic E-state index is 13.0. The molecule has 0 aliphatic carbocycles. The zero-order valence-corrected chi connectivity index (χ0v) is 16.3. The van der Waals surface area contributed by atoms with E-state index in [1.807, 2.05) is 6.07 Å². The van der Waals surface area contributed by atoms with Gasteiger partial charge in [0.05, 0.1) is 15.8 Å². The maximum absolute atomic E-state index is 13.0. The molecule has 2 atom stereocenters. The van der Waals surface area contributed by atoms with Gasteiger partial charge in [0.1, 0.15) is 0 Å². The number of benzene rings is 2. The Kier molecular flexibility index (Phi) is 6.06. The molecule has 2 rings (SSSR count). The van der Waals surface area contributed by atoms with Gasteiger partial charge in [-0.1, -0.05) is 57.9 Å². The van der Waals surface area contributed by atoms with Gasteiger partial charge < -0.3 is 0 Å². The SMILES string of the molecule is CC(Br)C(=O)N([C@H](C)c1ccccc1)S(=O)(=O)c1ccc(Cl)cc1. The Morgan fingerprint density at radius 1 is 1.04 bits per heavy atom. The van der Waals surface area contributed by atoms with Crippen LogP contribution in [0.2, 0.25) is 5.02 Å². The maximum Gasteiger partial charge on any atom is 0.267 e. The largest absolute Gasteiger partial charge is 0.272 e. The summed E-state index contributed by atoms with van der Waals surface area (Å²) in [6.45, 7) is 3.29. The van der Waals surface area contributed by atoms with Gasteiger partial charge in [-0.2, -0.15) is 0 Å². The van der Waals surface area contributed by atoms with E-state index in [4.69, 9.17) is 11.6 Å². The van der Waals surface area contributed by atoms with E-state index in [-0.39, 0.29) is 4.90 Å². The van der Waals surface area contributed by atoms with Crippen LogP contribution < -0.4 is 0 Å². The van der Waals surface area contributed by atoms with Gasteiger partial charge in [0.15, 0.2) is 0 Å². The number of alkyl halides is 1. The normalized spacial score (nSPS) is 14.0. The summed E-state index contributed by atoms with van der Waals surface area (Å²) in [7, 11) is -4.01. The molecule has 2 aromatic carbocycles. The van der Waals surface area contributed by atoms with Gasteiger partial charge in [0.2, 0.25) is 5.91 Å². The first-order chi connectivity index (χ1) is 11.2. The van der Waals surface area contributed by atoms with Gasteiger partial charge in [0.25, 0.3) is 10.0 Å². The summed E-state index contributed by atoms with van der Waals surface area (Å²) in [6.07, 6.45) is 0. The highest BCUT2D eigenvalue weighted by Gasteiger charge is 2.35. The number of sulfonamides is 1. The molecule has 0 saturated carbocycles. The van der Waals surface area contributed by atoms with Gasteiger partial charge in [-0.25, -0.2) is 12.7 Å². The fraction of sp³-hybridized carbons (Fsp3) is 0.235. The predicted molar refractivity (Wildman–Crippen MR) is 98.7 cm³/mol. The average molecular weight is 431 g/mol. The van der Waals surface area contributed by atoms with Crippen LogP contribution in [0.5, 0.6) is 0 Å². The van der Waals surface area contributed by atoms with Crippen LogP contribution in [-0.4, -0.2) is 23.5 Å². The monoisotopic (exact) mass is 429 g/mol. The highest BCUT2D eigenvalue weighted by Crippen LogP contribution is 2.29. The van der Waals surface area contributed by atoms with Crippen molar-refractivity contribution >= 4 is 43.5 Å². The van der Waals surface area contributed by atoms with E-state index < -0.39 is 26.8 Å². The Balaban J connectivity index is 2.54. The molecule has 1 unspecified atom stereocenters. The zero-order valence-electron chi connectivity index (χ0n) is 13.2. The number of halogens is 2. The first-order valence-corrected chi connectivity index (χ1v) is 10.0. The molecule has 0 aromatic heterocycles. The first-order valence-electron chi connectivity index (χ1n) is 7.28. The second kappa shape index (κ2) is 7.68. The summed E-state index contributed by atoms with van der Waals surface area (Å²) < 4.78 is 27.0. The van der Waals surface area contributed by atoms with Crippen molar-refractivity contribution in [1.29, 1.82) is 0 Å². The van der Waals surface area contributed by atoms with E-state index in [0.717, 1.165) is 9.87 Å². The van der Waals surface area contributed by atoms with Crippen molar-refractivity contribution in [2.45, 2.75) is 29.6 Å². The van der Waals surface area contributed by atoms with Crippen LogP contribution >= 0.6 is 27.5 Å². The lowest BCUT2D eigenvalue weighted by molar-refractivity contribution is -0.126. The summed E-state index contributed by atoms with van der Waals surface area (Å²) in [5.74, 6) is -0.527. The lowest BCUT2D eigenvalue weighted by atomic mass is 10.1. The van der Waals surface area contributed by atoms with Crippen molar-refractivity contribution in [2.24, 2.45) is 0 Å². The fourth-order valence-electron chi connectivity index (χ4n) is 2.28. The molecule has 0 radical (unpaired) electrons. The molecule has 1 amide bonds. The van der Waals surface area contributed by atoms with Gasteiger partial charge in [-0.3, -0.25) is 4.79 Å². The van der Waals surface area contributed by atoms with E-state index in [1.165, 1.54) is 24.3 Å². The topological polar surface area (TPSA) is 54.5 Å². The molecule has 128 valence electrons. The van der Waals surface area contributed by atoms with Crippen molar-refractivity contribution in [3.05, 3.63) is 65.2 Å². The zero-order chi connectivity index (χ0) is 17.9. The van der Waals surface area contributed by atoms with Gasteiger partial charge in [0, 0.05) is 5.02 Å². The highest BCUT2D eigenvalue weighted by molar-refractivity contribution is 9.10. The number of carbonyl (C=O) groups excluding carboxylic acids is 1. The van der Waals surface area contributed by atoms with Crippen LogP contribution in [0.4, 0.5) is 0 Å². The Morgan fingerprint density at radius 2 is 1.58 bits per heavy atom. The molecule has 0 spiro atoms. The first kappa shape index (κ1) is 19.0. The minimum absolute atomic E-state index is 0.0242. The van der Waals surface area contributed by atoms with E-state index in [9.17, 15) is 13.2 Å². The Morgan fingerprint density at radius 3 is 2.08 bits per heavy atom. The number of amides is 1. The molecule has 0 aliphatic rings. The second-order valence-corrected chi connectivity index (χ2v) is 8.92. The summed E-state index contributed by atoms with van der Waals surface area (Å²) in [5, 5.41) is 0.428. The standard InChI is InChI=1S/C17H17BrClNO3S/c1-12(18)17(21)20(13(2)14-6-4-3-5-7-14)24(22,23)16-10-8-15(19)9-11-16/h3-13H,1-2H3/t12?,13-/m1/s1. The van der Waals surface area contributed by atoms with Crippen molar-refractivity contribution in [3.63, 3.8) is 0 Å². The Labute approximate surface area is 155 Å². The number of rotatable bonds is 5. The van der Waals surface area contributed by atoms with Crippen molar-refractivity contribution < 1.29 is 13.2 Å². The smallest absolute Gasteiger partial charge is 0.267 e. The van der Waals surface area contributed by atoms with Gasteiger partial charge >= 0.3 is 0 Å². The number of nitrogens with zero attached hydrogens (tertiary/aromatic N) is 1. The van der Waals surface area contributed by atoms with Crippen molar-refractivity contribution in [1.82, 2.24) is 4.31 Å². The predicted octanol–water partition coefficient (Wildman–Crippen LogP) is 4.40. The molecule has 2 aromatic rings. The summed E-state index contributed by atoms with van der Waals surface area (Å²) in [6, 6.07) is 14.2. The second-order valence-electron chi connectivity index (χ2n) is 5.30. The molecule has 0 saturated heterocycles. The van der Waals surface area contributed by atoms with Crippen molar-refractivity contribution in [3.8, 4) is 0 Å². The third kappa shape index (κ3) is 3.99. The lowest BCUT2D eigenvalue weighted by Crippen LogP contribution is -2.42. The molecule has 0 N–H and O–H groups in total. The van der Waals surface area contributed by atoms with Crippen molar-refractivity contribution in [2.75, 3.05) is 0 Å². The average Bonchev–Trinajstić information content (AvgIpc) is 2.55. The van der Waals surface area contributed by atoms with E-state index in [0.29, 0.717) is 5.02 Å². The molecule has 0 fully saturated rings. The Bertz CT molecular complexity index is 807. The minimum Gasteiger partial charge on any atom is -0.272 e.